The van der Waals surface area contributed by atoms with E-state index in [1.54, 1.807) is 12.1 Å². The fraction of sp³-hybridized carbons (Fsp3) is 0.312. The summed E-state index contributed by atoms with van der Waals surface area (Å²) in [6, 6.07) is 6.01. The number of carboxylic acids is 1. The van der Waals surface area contributed by atoms with Crippen LogP contribution < -0.4 is 16.4 Å². The zero-order chi connectivity index (χ0) is 20.0. The van der Waals surface area contributed by atoms with Gasteiger partial charge in [-0.1, -0.05) is 6.07 Å². The molecule has 11 heteroatoms. The molecule has 1 aliphatic heterocycles. The Balaban J connectivity index is 1.91. The summed E-state index contributed by atoms with van der Waals surface area (Å²) in [5.74, 6) is -2.69. The molecule has 1 aromatic rings. The molecule has 0 radical (unpaired) electrons. The second-order valence-electron chi connectivity index (χ2n) is 5.83. The van der Waals surface area contributed by atoms with Gasteiger partial charge in [0.15, 0.2) is 5.96 Å². The highest BCUT2D eigenvalue weighted by Crippen LogP contribution is 2.11. The van der Waals surface area contributed by atoms with Crippen molar-refractivity contribution in [2.24, 2.45) is 5.73 Å². The molecule has 0 aliphatic carbocycles. The third-order valence-corrected chi connectivity index (χ3v) is 3.80. The predicted octanol–water partition coefficient (Wildman–Crippen LogP) is -1.52. The van der Waals surface area contributed by atoms with Crippen LogP contribution in [0.1, 0.15) is 10.4 Å². The molecule has 2 rings (SSSR count). The third kappa shape index (κ3) is 5.70. The molecule has 144 valence electrons. The lowest BCUT2D eigenvalue weighted by molar-refractivity contribution is -0.137. The van der Waals surface area contributed by atoms with Gasteiger partial charge in [-0.05, 0) is 18.2 Å². The zero-order valence-electron chi connectivity index (χ0n) is 14.4. The predicted molar refractivity (Wildman–Crippen MR) is 95.1 cm³/mol. The van der Waals surface area contributed by atoms with E-state index in [1.807, 2.05) is 0 Å². The van der Waals surface area contributed by atoms with Crippen molar-refractivity contribution in [3.05, 3.63) is 29.8 Å². The van der Waals surface area contributed by atoms with Gasteiger partial charge >= 0.3 is 5.97 Å². The molecule has 27 heavy (non-hydrogen) atoms. The Morgan fingerprint density at radius 1 is 1.26 bits per heavy atom. The first kappa shape index (κ1) is 19.7. The van der Waals surface area contributed by atoms with E-state index < -0.39 is 24.3 Å². The van der Waals surface area contributed by atoms with Crippen LogP contribution >= 0.6 is 0 Å². The van der Waals surface area contributed by atoms with Gasteiger partial charge in [0, 0.05) is 24.3 Å². The highest BCUT2D eigenvalue weighted by molar-refractivity contribution is 5.99. The van der Waals surface area contributed by atoms with Crippen molar-refractivity contribution >= 4 is 35.3 Å². The monoisotopic (exact) mass is 376 g/mol. The number of hydrogen-bond acceptors (Lipinski definition) is 5. The summed E-state index contributed by atoms with van der Waals surface area (Å²) in [5.41, 5.74) is 5.89. The molecule has 0 unspecified atom stereocenters. The van der Waals surface area contributed by atoms with Gasteiger partial charge in [0.2, 0.25) is 11.8 Å². The van der Waals surface area contributed by atoms with Crippen LogP contribution in [0, 0.1) is 5.41 Å². The lowest BCUT2D eigenvalue weighted by Crippen LogP contribution is -2.55. The van der Waals surface area contributed by atoms with Crippen molar-refractivity contribution in [1.82, 2.24) is 15.1 Å². The number of carbonyl (C=O) groups is 4. The summed E-state index contributed by atoms with van der Waals surface area (Å²) in [5, 5.41) is 20.7. The van der Waals surface area contributed by atoms with E-state index in [4.69, 9.17) is 16.2 Å². The van der Waals surface area contributed by atoms with E-state index in [0.29, 0.717) is 12.2 Å². The second-order valence-corrected chi connectivity index (χ2v) is 5.83. The van der Waals surface area contributed by atoms with Crippen LogP contribution in [0.25, 0.3) is 0 Å². The van der Waals surface area contributed by atoms with Gasteiger partial charge in [0.05, 0.1) is 13.1 Å². The minimum absolute atomic E-state index is 0.0537. The third-order valence-electron chi connectivity index (χ3n) is 3.80. The smallest absolute Gasteiger partial charge is 0.322 e. The molecule has 3 amide bonds. The summed E-state index contributed by atoms with van der Waals surface area (Å²) in [6.45, 7) is -0.0946. The number of amides is 3. The molecular formula is C16H20N6O5. The van der Waals surface area contributed by atoms with E-state index in [1.165, 1.54) is 21.9 Å². The number of anilines is 1. The number of nitrogens with zero attached hydrogens (tertiary/aromatic N) is 2. The number of carboxylic acid groups (broad SMARTS) is 1. The molecule has 6 N–H and O–H groups in total. The summed E-state index contributed by atoms with van der Waals surface area (Å²) in [7, 11) is 0. The van der Waals surface area contributed by atoms with E-state index in [2.05, 4.69) is 10.6 Å². The molecule has 11 nitrogen and oxygen atoms in total. The number of nitrogens with one attached hydrogen (secondary N) is 3. The van der Waals surface area contributed by atoms with Crippen molar-refractivity contribution in [3.63, 3.8) is 0 Å². The number of hydrogen-bond donors (Lipinski definition) is 5. The zero-order valence-corrected chi connectivity index (χ0v) is 14.4. The van der Waals surface area contributed by atoms with E-state index in [0.717, 1.165) is 0 Å². The number of nitrogens with two attached hydrogens (primary N) is 1. The summed E-state index contributed by atoms with van der Waals surface area (Å²) in [6.07, 6.45) is 0. The fourth-order valence-corrected chi connectivity index (χ4v) is 2.45. The maximum atomic E-state index is 12.2. The van der Waals surface area contributed by atoms with Gasteiger partial charge in [-0.15, -0.1) is 0 Å². The average molecular weight is 376 g/mol. The Morgan fingerprint density at radius 3 is 2.63 bits per heavy atom. The standard InChI is InChI=1S/C16H20N6O5/c17-16(18)22-5-4-21(13(24)9-22)8-12(23)20-11-3-1-2-10(6-11)15(27)19-7-14(25)26/h1-3,6H,4-5,7-9H2,(H3,17,18)(H,19,27)(H,20,23)(H,25,26). The molecule has 1 saturated heterocycles. The summed E-state index contributed by atoms with van der Waals surface area (Å²) < 4.78 is 0. The first-order chi connectivity index (χ1) is 12.8. The minimum atomic E-state index is -1.16. The first-order valence-corrected chi connectivity index (χ1v) is 8.03. The van der Waals surface area contributed by atoms with E-state index in [-0.39, 0.29) is 37.1 Å². The lowest BCUT2D eigenvalue weighted by Gasteiger charge is -2.34. The number of aliphatic carboxylic acids is 1. The van der Waals surface area contributed by atoms with Gasteiger partial charge in [-0.2, -0.15) is 0 Å². The lowest BCUT2D eigenvalue weighted by atomic mass is 10.2. The number of carbonyl (C=O) groups excluding carboxylic acids is 3. The van der Waals surface area contributed by atoms with Crippen molar-refractivity contribution in [2.45, 2.75) is 0 Å². The van der Waals surface area contributed by atoms with Crippen LogP contribution in [0.4, 0.5) is 5.69 Å². The molecular weight excluding hydrogens is 356 g/mol. The van der Waals surface area contributed by atoms with Crippen molar-refractivity contribution < 1.29 is 24.3 Å². The number of piperazine rings is 1. The molecule has 1 aromatic carbocycles. The van der Waals surface area contributed by atoms with Gasteiger partial charge in [-0.3, -0.25) is 24.6 Å². The molecule has 1 fully saturated rings. The molecule has 0 spiro atoms. The largest absolute Gasteiger partial charge is 0.480 e. The molecule has 0 aromatic heterocycles. The van der Waals surface area contributed by atoms with Crippen molar-refractivity contribution in [3.8, 4) is 0 Å². The van der Waals surface area contributed by atoms with Crippen molar-refractivity contribution in [2.75, 3.05) is 38.0 Å². The van der Waals surface area contributed by atoms with Crippen molar-refractivity contribution in [1.29, 1.82) is 5.41 Å². The second kappa shape index (κ2) is 8.65. The van der Waals surface area contributed by atoms with Crippen LogP contribution in [-0.4, -0.2) is 77.3 Å². The Bertz CT molecular complexity index is 780. The van der Waals surface area contributed by atoms with Gasteiger partial charge < -0.3 is 31.3 Å². The quantitative estimate of drug-likeness (QED) is 0.296. The molecule has 0 saturated carbocycles. The number of benzene rings is 1. The van der Waals surface area contributed by atoms with Crippen LogP contribution in [0.2, 0.25) is 0 Å². The van der Waals surface area contributed by atoms with Crippen LogP contribution in [0.5, 0.6) is 0 Å². The molecule has 1 heterocycles. The highest BCUT2D eigenvalue weighted by atomic mass is 16.4. The Hall–Kier alpha value is -3.63. The molecule has 0 bridgehead atoms. The van der Waals surface area contributed by atoms with Gasteiger partial charge in [0.1, 0.15) is 6.54 Å². The maximum Gasteiger partial charge on any atom is 0.322 e. The summed E-state index contributed by atoms with van der Waals surface area (Å²) >= 11 is 0. The Kier molecular flexibility index (Phi) is 6.31. The Labute approximate surface area is 154 Å². The SMILES string of the molecule is N=C(N)N1CCN(CC(=O)Nc2cccc(C(=O)NCC(=O)O)c2)C(=O)C1. The number of guanidine groups is 1. The molecule has 1 aliphatic rings. The minimum Gasteiger partial charge on any atom is -0.480 e. The first-order valence-electron chi connectivity index (χ1n) is 8.03. The average Bonchev–Trinajstić information content (AvgIpc) is 2.61. The van der Waals surface area contributed by atoms with Crippen LogP contribution in [-0.2, 0) is 14.4 Å². The fourth-order valence-electron chi connectivity index (χ4n) is 2.45. The number of rotatable bonds is 6. The van der Waals surface area contributed by atoms with Crippen LogP contribution in [0.3, 0.4) is 0 Å². The normalized spacial score (nSPS) is 13.9. The van der Waals surface area contributed by atoms with E-state index >= 15 is 0 Å². The van der Waals surface area contributed by atoms with Gasteiger partial charge in [0.25, 0.3) is 5.91 Å². The van der Waals surface area contributed by atoms with Crippen LogP contribution in [0.15, 0.2) is 24.3 Å². The Morgan fingerprint density at radius 2 is 2.00 bits per heavy atom. The van der Waals surface area contributed by atoms with E-state index in [9.17, 15) is 19.2 Å². The topological polar surface area (TPSA) is 169 Å². The highest BCUT2D eigenvalue weighted by Gasteiger charge is 2.26. The molecule has 0 atom stereocenters. The summed E-state index contributed by atoms with van der Waals surface area (Å²) in [4.78, 5) is 49.3. The maximum absolute atomic E-state index is 12.2. The van der Waals surface area contributed by atoms with Gasteiger partial charge in [-0.25, -0.2) is 0 Å².